The number of anilines is 1. The van der Waals surface area contributed by atoms with Crippen molar-refractivity contribution in [2.45, 2.75) is 32.7 Å². The van der Waals surface area contributed by atoms with E-state index in [0.717, 1.165) is 11.3 Å². The molecule has 1 unspecified atom stereocenters. The number of pyridine rings is 1. The molecule has 0 radical (unpaired) electrons. The average Bonchev–Trinajstić information content (AvgIpc) is 2.74. The van der Waals surface area contributed by atoms with Gasteiger partial charge in [0.1, 0.15) is 10.7 Å². The van der Waals surface area contributed by atoms with Gasteiger partial charge in [0.2, 0.25) is 0 Å². The molecule has 3 heterocycles. The number of carbonyl (C=O) groups is 1. The van der Waals surface area contributed by atoms with Gasteiger partial charge >= 0.3 is 11.8 Å². The van der Waals surface area contributed by atoms with Crippen LogP contribution < -0.4 is 10.6 Å². The van der Waals surface area contributed by atoms with E-state index in [-0.39, 0.29) is 17.1 Å². The molecule has 1 aliphatic rings. The zero-order valence-electron chi connectivity index (χ0n) is 17.9. The van der Waals surface area contributed by atoms with Gasteiger partial charge in [0.15, 0.2) is 5.82 Å². The maximum atomic E-state index is 13.4. The number of hydrogen-bond acceptors (Lipinski definition) is 5. The molecule has 1 atom stereocenters. The number of carboxylic acid groups (broad SMARTS) is 1. The summed E-state index contributed by atoms with van der Waals surface area (Å²) >= 11 is 9.78. The van der Waals surface area contributed by atoms with Crippen molar-refractivity contribution in [2.75, 3.05) is 24.5 Å². The highest BCUT2D eigenvalue weighted by Crippen LogP contribution is 2.33. The molecule has 1 N–H and O–H groups in total. The Morgan fingerprint density at radius 1 is 1.25 bits per heavy atom. The Morgan fingerprint density at radius 3 is 2.62 bits per heavy atom. The largest absolute Gasteiger partial charge is 0.465 e. The molecule has 0 aliphatic carbocycles. The first-order valence-electron chi connectivity index (χ1n) is 10.3. The van der Waals surface area contributed by atoms with Crippen LogP contribution in [-0.2, 0) is 0 Å². The van der Waals surface area contributed by atoms with E-state index in [2.05, 4.69) is 39.7 Å². The van der Waals surface area contributed by atoms with Crippen molar-refractivity contribution in [3.8, 4) is 5.69 Å². The van der Waals surface area contributed by atoms with E-state index in [9.17, 15) is 14.7 Å². The van der Waals surface area contributed by atoms with E-state index >= 15 is 0 Å². The molecule has 1 saturated heterocycles. The lowest BCUT2D eigenvalue weighted by molar-refractivity contribution is 0.136. The van der Waals surface area contributed by atoms with Gasteiger partial charge in [-0.1, -0.05) is 43.6 Å². The Morgan fingerprint density at radius 2 is 1.97 bits per heavy atom. The van der Waals surface area contributed by atoms with Crippen molar-refractivity contribution in [2.24, 2.45) is 0 Å². The van der Waals surface area contributed by atoms with E-state index in [0.29, 0.717) is 41.0 Å². The van der Waals surface area contributed by atoms with Gasteiger partial charge in [-0.05, 0) is 46.5 Å². The van der Waals surface area contributed by atoms with E-state index in [1.165, 1.54) is 4.90 Å². The molecule has 0 bridgehead atoms. The molecule has 8 nitrogen and oxygen atoms in total. The highest BCUT2D eigenvalue weighted by atomic mass is 79.9. The predicted molar refractivity (Wildman–Crippen MR) is 128 cm³/mol. The van der Waals surface area contributed by atoms with Gasteiger partial charge in [0, 0.05) is 25.7 Å². The summed E-state index contributed by atoms with van der Waals surface area (Å²) in [5.41, 5.74) is 2.41. The molecule has 1 aliphatic heterocycles. The second kappa shape index (κ2) is 8.71. The first kappa shape index (κ1) is 22.5. The molecule has 0 spiro atoms. The smallest absolute Gasteiger partial charge is 0.407 e. The molecule has 10 heteroatoms. The summed E-state index contributed by atoms with van der Waals surface area (Å²) in [6.07, 6.45) is -0.958. The third kappa shape index (κ3) is 3.95. The quantitative estimate of drug-likeness (QED) is 0.511. The van der Waals surface area contributed by atoms with Gasteiger partial charge in [-0.3, -0.25) is 4.57 Å². The van der Waals surface area contributed by atoms with Crippen LogP contribution in [0.15, 0.2) is 39.6 Å². The van der Waals surface area contributed by atoms with Crippen molar-refractivity contribution in [1.82, 2.24) is 19.4 Å². The van der Waals surface area contributed by atoms with Crippen LogP contribution in [0.5, 0.6) is 0 Å². The highest BCUT2D eigenvalue weighted by Gasteiger charge is 2.30. The average molecular weight is 521 g/mol. The van der Waals surface area contributed by atoms with Crippen LogP contribution in [0.2, 0.25) is 5.15 Å². The summed E-state index contributed by atoms with van der Waals surface area (Å²) in [4.78, 5) is 37.1. The Labute approximate surface area is 198 Å². The number of para-hydroxylation sites is 1. The van der Waals surface area contributed by atoms with Crippen LogP contribution in [0.25, 0.3) is 16.7 Å². The normalized spacial score (nSPS) is 16.8. The summed E-state index contributed by atoms with van der Waals surface area (Å²) < 4.78 is 2.14. The maximum Gasteiger partial charge on any atom is 0.407 e. The molecule has 3 aromatic rings. The number of halogens is 2. The van der Waals surface area contributed by atoms with E-state index < -0.39 is 11.8 Å². The van der Waals surface area contributed by atoms with Crippen LogP contribution in [0, 0.1) is 0 Å². The van der Waals surface area contributed by atoms with Crippen molar-refractivity contribution in [3.05, 3.63) is 56.0 Å². The molecule has 2 aromatic heterocycles. The molecule has 32 heavy (non-hydrogen) atoms. The Bertz CT molecular complexity index is 1260. The summed E-state index contributed by atoms with van der Waals surface area (Å²) in [6.45, 7) is 7.07. The number of piperazine rings is 1. The summed E-state index contributed by atoms with van der Waals surface area (Å²) in [7, 11) is 0. The lowest BCUT2D eigenvalue weighted by atomic mass is 10.0. The van der Waals surface area contributed by atoms with Gasteiger partial charge in [-0.2, -0.15) is 4.98 Å². The summed E-state index contributed by atoms with van der Waals surface area (Å²) in [5.74, 6) is 0.607. The van der Waals surface area contributed by atoms with Crippen molar-refractivity contribution >= 4 is 50.5 Å². The molecule has 4 rings (SSSR count). The van der Waals surface area contributed by atoms with E-state index in [4.69, 9.17) is 11.6 Å². The minimum Gasteiger partial charge on any atom is -0.465 e. The number of hydrogen-bond donors (Lipinski definition) is 1. The number of benzene rings is 1. The van der Waals surface area contributed by atoms with Crippen LogP contribution in [0.3, 0.4) is 0 Å². The molecular formula is C22H23BrClN5O3. The first-order valence-corrected chi connectivity index (χ1v) is 11.5. The SMILES string of the molecule is CC(C)c1ccccc1-n1c(=O)nc(N2CCN(C(=O)O)CC2C)c2nc(Cl)c(Br)cc21. The van der Waals surface area contributed by atoms with Gasteiger partial charge in [-0.15, -0.1) is 0 Å². The van der Waals surface area contributed by atoms with Gasteiger partial charge in [0.25, 0.3) is 0 Å². The van der Waals surface area contributed by atoms with Crippen LogP contribution in [0.1, 0.15) is 32.3 Å². The maximum absolute atomic E-state index is 13.4. The van der Waals surface area contributed by atoms with Gasteiger partial charge in [0.05, 0.1) is 15.7 Å². The molecule has 0 saturated carbocycles. The second-order valence-corrected chi connectivity index (χ2v) is 9.38. The zero-order chi connectivity index (χ0) is 23.2. The van der Waals surface area contributed by atoms with Crippen LogP contribution in [0.4, 0.5) is 10.6 Å². The van der Waals surface area contributed by atoms with Gasteiger partial charge < -0.3 is 14.9 Å². The monoisotopic (exact) mass is 519 g/mol. The lowest BCUT2D eigenvalue weighted by Crippen LogP contribution is -2.54. The van der Waals surface area contributed by atoms with Crippen LogP contribution >= 0.6 is 27.5 Å². The second-order valence-electron chi connectivity index (χ2n) is 8.17. The molecule has 1 amide bonds. The third-order valence-corrected chi connectivity index (χ3v) is 6.85. The lowest BCUT2D eigenvalue weighted by Gasteiger charge is -2.39. The number of rotatable bonds is 3. The summed E-state index contributed by atoms with van der Waals surface area (Å²) in [5, 5.41) is 9.60. The molecule has 168 valence electrons. The van der Waals surface area contributed by atoms with E-state index in [1.807, 2.05) is 36.1 Å². The predicted octanol–water partition coefficient (Wildman–Crippen LogP) is 4.51. The number of aromatic nitrogens is 3. The van der Waals surface area contributed by atoms with Crippen molar-refractivity contribution in [3.63, 3.8) is 0 Å². The number of amides is 1. The molecule has 1 fully saturated rings. The van der Waals surface area contributed by atoms with Crippen molar-refractivity contribution < 1.29 is 9.90 Å². The standard InChI is InChI=1S/C22H23BrClN5O3/c1-12(2)14-6-4-5-7-16(14)29-17-10-15(23)19(24)25-18(17)20(26-21(29)30)28-9-8-27(22(31)32)11-13(28)3/h4-7,10,12-13H,8-9,11H2,1-3H3,(H,31,32). The summed E-state index contributed by atoms with van der Waals surface area (Å²) in [6, 6.07) is 9.33. The van der Waals surface area contributed by atoms with Crippen molar-refractivity contribution in [1.29, 1.82) is 0 Å². The van der Waals surface area contributed by atoms with Crippen LogP contribution in [-0.4, -0.2) is 56.3 Å². The number of fused-ring (bicyclic) bond motifs is 1. The van der Waals surface area contributed by atoms with Gasteiger partial charge in [-0.25, -0.2) is 14.6 Å². The fourth-order valence-corrected chi connectivity index (χ4v) is 4.59. The Kier molecular flexibility index (Phi) is 6.13. The Hall–Kier alpha value is -2.65. The molecule has 1 aromatic carbocycles. The minimum absolute atomic E-state index is 0.182. The Balaban J connectivity index is 1.96. The minimum atomic E-state index is -0.958. The third-order valence-electron chi connectivity index (χ3n) is 5.73. The number of nitrogens with zero attached hydrogens (tertiary/aromatic N) is 5. The topological polar surface area (TPSA) is 91.6 Å². The van der Waals surface area contributed by atoms with E-state index in [1.54, 1.807) is 10.6 Å². The zero-order valence-corrected chi connectivity index (χ0v) is 20.3. The molecular weight excluding hydrogens is 498 g/mol. The first-order chi connectivity index (χ1) is 15.2. The fourth-order valence-electron chi connectivity index (χ4n) is 4.15. The fraction of sp³-hybridized carbons (Fsp3) is 0.364. The highest BCUT2D eigenvalue weighted by molar-refractivity contribution is 9.10.